The smallest absolute Gasteiger partial charge is 0.233 e. The number of aromatic nitrogens is 1. The van der Waals surface area contributed by atoms with Crippen LogP contribution in [-0.2, 0) is 22.4 Å². The van der Waals surface area contributed by atoms with E-state index in [9.17, 15) is 4.79 Å². The molecule has 0 spiro atoms. The summed E-state index contributed by atoms with van der Waals surface area (Å²) in [6, 6.07) is 13.9. The number of para-hydroxylation sites is 1. The first kappa shape index (κ1) is 19.9. The molecule has 0 bridgehead atoms. The Kier molecular flexibility index (Phi) is 6.11. The molecule has 5 nitrogen and oxygen atoms in total. The van der Waals surface area contributed by atoms with Gasteiger partial charge in [-0.3, -0.25) is 9.69 Å². The second-order valence-electron chi connectivity index (χ2n) is 7.28. The van der Waals surface area contributed by atoms with Crippen molar-refractivity contribution in [2.75, 3.05) is 25.2 Å². The molecule has 2 heterocycles. The fourth-order valence-corrected chi connectivity index (χ4v) is 4.73. The second-order valence-corrected chi connectivity index (χ2v) is 8.29. The molecular weight excluding hydrogens is 384 g/mol. The zero-order valence-electron chi connectivity index (χ0n) is 16.9. The Labute approximate surface area is 175 Å². The minimum Gasteiger partial charge on any atom is -0.497 e. The molecule has 1 amide bonds. The van der Waals surface area contributed by atoms with E-state index in [1.165, 1.54) is 5.56 Å². The van der Waals surface area contributed by atoms with E-state index in [4.69, 9.17) is 14.5 Å². The minimum absolute atomic E-state index is 0.0442. The molecule has 1 aromatic heterocycles. The number of amides is 1. The molecule has 3 aromatic rings. The maximum atomic E-state index is 13.3. The van der Waals surface area contributed by atoms with Crippen LogP contribution in [0.5, 0.6) is 5.75 Å². The number of thiazole rings is 1. The van der Waals surface area contributed by atoms with Crippen molar-refractivity contribution in [1.82, 2.24) is 4.98 Å². The van der Waals surface area contributed by atoms with Gasteiger partial charge in [0, 0.05) is 6.61 Å². The minimum atomic E-state index is 0.0442. The molecule has 1 aliphatic heterocycles. The highest BCUT2D eigenvalue weighted by molar-refractivity contribution is 7.22. The van der Waals surface area contributed by atoms with Gasteiger partial charge in [0.2, 0.25) is 5.91 Å². The van der Waals surface area contributed by atoms with E-state index >= 15 is 0 Å². The summed E-state index contributed by atoms with van der Waals surface area (Å²) in [4.78, 5) is 20.0. The first-order valence-electron chi connectivity index (χ1n) is 10.1. The Bertz CT molecular complexity index is 977. The van der Waals surface area contributed by atoms with Gasteiger partial charge in [-0.05, 0) is 48.6 Å². The number of benzene rings is 2. The third-order valence-electron chi connectivity index (χ3n) is 5.33. The first-order chi connectivity index (χ1) is 14.2. The summed E-state index contributed by atoms with van der Waals surface area (Å²) in [6.07, 6.45) is 3.36. The number of fused-ring (bicyclic) bond motifs is 1. The molecule has 6 heteroatoms. The van der Waals surface area contributed by atoms with Gasteiger partial charge in [-0.15, -0.1) is 0 Å². The number of rotatable bonds is 7. The SMILES string of the molecule is CCc1cccc2sc(N(C[C@H]3CCCO3)C(=O)Cc3ccc(OC)cc3)nc12. The molecule has 2 aromatic carbocycles. The van der Waals surface area contributed by atoms with Gasteiger partial charge in [-0.1, -0.05) is 42.5 Å². The highest BCUT2D eigenvalue weighted by Crippen LogP contribution is 2.32. The molecule has 0 saturated carbocycles. The molecule has 0 N–H and O–H groups in total. The molecule has 29 heavy (non-hydrogen) atoms. The van der Waals surface area contributed by atoms with Crippen LogP contribution in [0, 0.1) is 0 Å². The summed E-state index contributed by atoms with van der Waals surface area (Å²) in [7, 11) is 1.64. The Balaban J connectivity index is 1.62. The number of hydrogen-bond donors (Lipinski definition) is 0. The summed E-state index contributed by atoms with van der Waals surface area (Å²) in [6.45, 7) is 3.45. The van der Waals surface area contributed by atoms with Crippen molar-refractivity contribution in [1.29, 1.82) is 0 Å². The average molecular weight is 411 g/mol. The number of nitrogens with zero attached hydrogens (tertiary/aromatic N) is 2. The third-order valence-corrected chi connectivity index (χ3v) is 6.37. The number of carbonyl (C=O) groups excluding carboxylic acids is 1. The van der Waals surface area contributed by atoms with Gasteiger partial charge in [-0.25, -0.2) is 4.98 Å². The lowest BCUT2D eigenvalue weighted by molar-refractivity contribution is -0.118. The molecule has 1 atom stereocenters. The molecule has 152 valence electrons. The van der Waals surface area contributed by atoms with Crippen LogP contribution in [0.2, 0.25) is 0 Å². The maximum absolute atomic E-state index is 13.3. The van der Waals surface area contributed by atoms with Crippen molar-refractivity contribution < 1.29 is 14.3 Å². The van der Waals surface area contributed by atoms with Crippen LogP contribution in [0.25, 0.3) is 10.2 Å². The predicted octanol–water partition coefficient (Wildman–Crippen LogP) is 4.62. The molecule has 1 fully saturated rings. The van der Waals surface area contributed by atoms with E-state index in [1.54, 1.807) is 18.4 Å². The van der Waals surface area contributed by atoms with E-state index in [0.29, 0.717) is 13.0 Å². The summed E-state index contributed by atoms with van der Waals surface area (Å²) in [5.41, 5.74) is 3.18. The Hall–Kier alpha value is -2.44. The van der Waals surface area contributed by atoms with Crippen molar-refractivity contribution in [3.63, 3.8) is 0 Å². The van der Waals surface area contributed by atoms with Gasteiger partial charge < -0.3 is 9.47 Å². The zero-order valence-corrected chi connectivity index (χ0v) is 17.7. The Morgan fingerprint density at radius 2 is 2.10 bits per heavy atom. The summed E-state index contributed by atoms with van der Waals surface area (Å²) >= 11 is 1.58. The number of aryl methyl sites for hydroxylation is 1. The van der Waals surface area contributed by atoms with Gasteiger partial charge in [0.25, 0.3) is 0 Å². The van der Waals surface area contributed by atoms with E-state index in [2.05, 4.69) is 25.1 Å². The molecule has 1 saturated heterocycles. The number of anilines is 1. The normalized spacial score (nSPS) is 16.3. The lowest BCUT2D eigenvalue weighted by atomic mass is 10.1. The monoisotopic (exact) mass is 410 g/mol. The Morgan fingerprint density at radius 3 is 2.79 bits per heavy atom. The zero-order chi connectivity index (χ0) is 20.2. The number of ether oxygens (including phenoxy) is 2. The molecule has 4 rings (SSSR count). The highest BCUT2D eigenvalue weighted by Gasteiger charge is 2.26. The van der Waals surface area contributed by atoms with Crippen LogP contribution in [0.15, 0.2) is 42.5 Å². The fraction of sp³-hybridized carbons (Fsp3) is 0.391. The van der Waals surface area contributed by atoms with Gasteiger partial charge in [0.05, 0.1) is 36.4 Å². The standard InChI is InChI=1S/C23H26N2O3S/c1-3-17-6-4-8-20-22(17)24-23(29-20)25(15-19-7-5-13-28-19)21(26)14-16-9-11-18(27-2)12-10-16/h4,6,8-12,19H,3,5,7,13-15H2,1-2H3/t19-/m1/s1. The third kappa shape index (κ3) is 4.43. The Morgan fingerprint density at radius 1 is 1.28 bits per heavy atom. The van der Waals surface area contributed by atoms with Gasteiger partial charge in [-0.2, -0.15) is 0 Å². The molecule has 1 aliphatic rings. The highest BCUT2D eigenvalue weighted by atomic mass is 32.1. The lowest BCUT2D eigenvalue weighted by Gasteiger charge is -2.23. The fourth-order valence-electron chi connectivity index (χ4n) is 3.69. The number of carbonyl (C=O) groups is 1. The topological polar surface area (TPSA) is 51.7 Å². The number of hydrogen-bond acceptors (Lipinski definition) is 5. The van der Waals surface area contributed by atoms with Crippen molar-refractivity contribution in [2.24, 2.45) is 0 Å². The van der Waals surface area contributed by atoms with E-state index < -0.39 is 0 Å². The van der Waals surface area contributed by atoms with Crippen molar-refractivity contribution >= 4 is 32.6 Å². The van der Waals surface area contributed by atoms with Crippen LogP contribution in [0.4, 0.5) is 5.13 Å². The van der Waals surface area contributed by atoms with Crippen LogP contribution in [0.3, 0.4) is 0 Å². The molecule has 0 radical (unpaired) electrons. The maximum Gasteiger partial charge on any atom is 0.233 e. The van der Waals surface area contributed by atoms with E-state index in [-0.39, 0.29) is 12.0 Å². The van der Waals surface area contributed by atoms with Crippen LogP contribution >= 0.6 is 11.3 Å². The van der Waals surface area contributed by atoms with Crippen LogP contribution in [0.1, 0.15) is 30.9 Å². The molecule has 0 unspecified atom stereocenters. The van der Waals surface area contributed by atoms with Gasteiger partial charge in [0.1, 0.15) is 5.75 Å². The summed E-state index contributed by atoms with van der Waals surface area (Å²) in [5.74, 6) is 0.832. The largest absolute Gasteiger partial charge is 0.497 e. The molecular formula is C23H26N2O3S. The molecule has 0 aliphatic carbocycles. The van der Waals surface area contributed by atoms with Gasteiger partial charge in [0.15, 0.2) is 5.13 Å². The second kappa shape index (κ2) is 8.93. The van der Waals surface area contributed by atoms with E-state index in [0.717, 1.165) is 52.5 Å². The summed E-state index contributed by atoms with van der Waals surface area (Å²) in [5, 5.41) is 0.759. The predicted molar refractivity (Wildman–Crippen MR) is 117 cm³/mol. The van der Waals surface area contributed by atoms with Crippen molar-refractivity contribution in [3.8, 4) is 5.75 Å². The van der Waals surface area contributed by atoms with Crippen LogP contribution in [-0.4, -0.2) is 37.3 Å². The number of methoxy groups -OCH3 is 1. The quantitative estimate of drug-likeness (QED) is 0.570. The summed E-state index contributed by atoms with van der Waals surface area (Å²) < 4.78 is 12.2. The van der Waals surface area contributed by atoms with Gasteiger partial charge >= 0.3 is 0 Å². The van der Waals surface area contributed by atoms with Crippen molar-refractivity contribution in [2.45, 2.75) is 38.7 Å². The van der Waals surface area contributed by atoms with Crippen molar-refractivity contribution in [3.05, 3.63) is 53.6 Å². The average Bonchev–Trinajstić information content (AvgIpc) is 3.41. The van der Waals surface area contributed by atoms with E-state index in [1.807, 2.05) is 29.2 Å². The lowest BCUT2D eigenvalue weighted by Crippen LogP contribution is -2.38. The van der Waals surface area contributed by atoms with Crippen LogP contribution < -0.4 is 9.64 Å². The first-order valence-corrected chi connectivity index (χ1v) is 10.9.